The van der Waals surface area contributed by atoms with Crippen molar-refractivity contribution < 1.29 is 14.7 Å². The van der Waals surface area contributed by atoms with Crippen LogP contribution in [0.5, 0.6) is 0 Å². The number of hydrogen-bond donors (Lipinski definition) is 1. The minimum absolute atomic E-state index is 0.0332. The number of carbonyl (C=O) groups is 2. The molecule has 1 saturated heterocycles. The van der Waals surface area contributed by atoms with Gasteiger partial charge in [-0.15, -0.1) is 0 Å². The largest absolute Gasteiger partial charge is 0.478 e. The number of benzene rings is 1. The van der Waals surface area contributed by atoms with Crippen LogP contribution >= 0.6 is 11.8 Å². The third-order valence-electron chi connectivity index (χ3n) is 3.64. The van der Waals surface area contributed by atoms with Crippen molar-refractivity contribution in [2.24, 2.45) is 0 Å². The summed E-state index contributed by atoms with van der Waals surface area (Å²) >= 11 is 1.87. The van der Waals surface area contributed by atoms with Gasteiger partial charge < -0.3 is 10.0 Å². The molecule has 4 nitrogen and oxygen atoms in total. The first kappa shape index (κ1) is 15.6. The molecule has 1 unspecified atom stereocenters. The van der Waals surface area contributed by atoms with Gasteiger partial charge in [0.05, 0.1) is 0 Å². The number of aliphatic carboxylic acids is 1. The van der Waals surface area contributed by atoms with Crippen LogP contribution in [0.25, 0.3) is 6.08 Å². The van der Waals surface area contributed by atoms with Crippen molar-refractivity contribution in [1.29, 1.82) is 0 Å². The molecular weight excluding hydrogens is 286 g/mol. The predicted molar refractivity (Wildman–Crippen MR) is 85.7 cm³/mol. The van der Waals surface area contributed by atoms with Crippen LogP contribution in [0.15, 0.2) is 24.3 Å². The number of amides is 1. The number of hydrogen-bond acceptors (Lipinski definition) is 3. The maximum Gasteiger partial charge on any atom is 0.328 e. The summed E-state index contributed by atoms with van der Waals surface area (Å²) in [6, 6.07) is 5.66. The molecule has 1 fully saturated rings. The van der Waals surface area contributed by atoms with Gasteiger partial charge in [0, 0.05) is 35.7 Å². The monoisotopic (exact) mass is 305 g/mol. The molecule has 112 valence electrons. The summed E-state index contributed by atoms with van der Waals surface area (Å²) in [5.41, 5.74) is 2.24. The Morgan fingerprint density at radius 2 is 2.19 bits per heavy atom. The average Bonchev–Trinajstić information content (AvgIpc) is 2.46. The van der Waals surface area contributed by atoms with Gasteiger partial charge in [0.25, 0.3) is 5.91 Å². The third kappa shape index (κ3) is 3.67. The Hall–Kier alpha value is -1.75. The second-order valence-corrected chi connectivity index (χ2v) is 6.26. The molecule has 1 amide bonds. The third-order valence-corrected chi connectivity index (χ3v) is 4.83. The van der Waals surface area contributed by atoms with Crippen molar-refractivity contribution in [3.05, 3.63) is 41.0 Å². The highest BCUT2D eigenvalue weighted by molar-refractivity contribution is 7.99. The highest BCUT2D eigenvalue weighted by atomic mass is 32.2. The molecule has 2 rings (SSSR count). The molecule has 0 spiro atoms. The lowest BCUT2D eigenvalue weighted by atomic mass is 10.0. The fourth-order valence-electron chi connectivity index (χ4n) is 2.41. The van der Waals surface area contributed by atoms with Gasteiger partial charge in [0.2, 0.25) is 0 Å². The van der Waals surface area contributed by atoms with Gasteiger partial charge >= 0.3 is 5.97 Å². The van der Waals surface area contributed by atoms with Crippen molar-refractivity contribution in [3.8, 4) is 0 Å². The van der Waals surface area contributed by atoms with Crippen molar-refractivity contribution in [2.75, 3.05) is 18.1 Å². The van der Waals surface area contributed by atoms with E-state index in [0.29, 0.717) is 5.56 Å². The molecule has 1 aromatic rings. The van der Waals surface area contributed by atoms with Crippen LogP contribution in [0, 0.1) is 6.92 Å². The molecule has 0 radical (unpaired) electrons. The van der Waals surface area contributed by atoms with E-state index < -0.39 is 5.97 Å². The van der Waals surface area contributed by atoms with Gasteiger partial charge in [0.1, 0.15) is 0 Å². The topological polar surface area (TPSA) is 57.6 Å². The van der Waals surface area contributed by atoms with Crippen LogP contribution in [0.3, 0.4) is 0 Å². The van der Waals surface area contributed by atoms with Gasteiger partial charge in [-0.05, 0) is 37.1 Å². The van der Waals surface area contributed by atoms with Crippen LogP contribution in [0.4, 0.5) is 0 Å². The lowest BCUT2D eigenvalue weighted by Gasteiger charge is -2.33. The molecule has 5 heteroatoms. The molecule has 0 saturated carbocycles. The van der Waals surface area contributed by atoms with E-state index in [1.54, 1.807) is 6.07 Å². The molecule has 1 atom stereocenters. The van der Waals surface area contributed by atoms with Crippen molar-refractivity contribution in [2.45, 2.75) is 19.9 Å². The standard InChI is InChI=1S/C16H19NO3S/c1-11-10-21-9-8-17(11)16(20)14-5-3-4-13(12(14)2)6-7-15(18)19/h3-7,11H,8-10H2,1-2H3,(H,18,19). The SMILES string of the molecule is Cc1c(C=CC(=O)O)cccc1C(=O)N1CCSCC1C. The summed E-state index contributed by atoms with van der Waals surface area (Å²) in [5, 5.41) is 8.72. The van der Waals surface area contributed by atoms with Gasteiger partial charge in [-0.25, -0.2) is 4.79 Å². The molecule has 21 heavy (non-hydrogen) atoms. The molecule has 1 N–H and O–H groups in total. The van der Waals surface area contributed by atoms with Gasteiger partial charge in [-0.1, -0.05) is 12.1 Å². The summed E-state index contributed by atoms with van der Waals surface area (Å²) in [6.45, 7) is 4.69. The number of thioether (sulfide) groups is 1. The first-order valence-corrected chi connectivity index (χ1v) is 8.05. The quantitative estimate of drug-likeness (QED) is 0.872. The Morgan fingerprint density at radius 3 is 2.86 bits per heavy atom. The lowest BCUT2D eigenvalue weighted by molar-refractivity contribution is -0.131. The predicted octanol–water partition coefficient (Wildman–Crippen LogP) is 2.67. The maximum atomic E-state index is 12.7. The summed E-state index contributed by atoms with van der Waals surface area (Å²) in [6.07, 6.45) is 2.63. The average molecular weight is 305 g/mol. The highest BCUT2D eigenvalue weighted by Crippen LogP contribution is 2.22. The van der Waals surface area contributed by atoms with Crippen LogP contribution in [-0.2, 0) is 4.79 Å². The smallest absolute Gasteiger partial charge is 0.328 e. The first-order valence-electron chi connectivity index (χ1n) is 6.90. The Labute approximate surface area is 128 Å². The molecule has 0 bridgehead atoms. The van der Waals surface area contributed by atoms with Gasteiger partial charge in [-0.2, -0.15) is 11.8 Å². The van der Waals surface area contributed by atoms with Crippen molar-refractivity contribution >= 4 is 29.7 Å². The minimum Gasteiger partial charge on any atom is -0.478 e. The molecule has 1 aliphatic rings. The highest BCUT2D eigenvalue weighted by Gasteiger charge is 2.25. The lowest BCUT2D eigenvalue weighted by Crippen LogP contribution is -2.44. The molecule has 0 aromatic heterocycles. The van der Waals surface area contributed by atoms with E-state index in [2.05, 4.69) is 6.92 Å². The Kier molecular flexibility index (Phi) is 5.07. The number of carboxylic acid groups (broad SMARTS) is 1. The van der Waals surface area contributed by atoms with Crippen LogP contribution in [0.2, 0.25) is 0 Å². The zero-order valence-electron chi connectivity index (χ0n) is 12.2. The zero-order valence-corrected chi connectivity index (χ0v) is 13.0. The minimum atomic E-state index is -0.993. The number of carbonyl (C=O) groups excluding carboxylic acids is 1. The Morgan fingerprint density at radius 1 is 1.43 bits per heavy atom. The van der Waals surface area contributed by atoms with E-state index in [1.807, 2.05) is 35.7 Å². The fraction of sp³-hybridized carbons (Fsp3) is 0.375. The van der Waals surface area contributed by atoms with E-state index in [9.17, 15) is 9.59 Å². The van der Waals surface area contributed by atoms with Gasteiger partial charge in [-0.3, -0.25) is 4.79 Å². The number of carboxylic acids is 1. The van der Waals surface area contributed by atoms with Crippen LogP contribution in [-0.4, -0.2) is 46.0 Å². The Balaban J connectivity index is 2.29. The summed E-state index contributed by atoms with van der Waals surface area (Å²) in [4.78, 5) is 25.2. The summed E-state index contributed by atoms with van der Waals surface area (Å²) in [7, 11) is 0. The van der Waals surface area contributed by atoms with Crippen LogP contribution in [0.1, 0.15) is 28.4 Å². The summed E-state index contributed by atoms with van der Waals surface area (Å²) < 4.78 is 0. The van der Waals surface area contributed by atoms with E-state index in [0.717, 1.165) is 35.3 Å². The molecule has 1 aliphatic heterocycles. The normalized spacial score (nSPS) is 19.0. The van der Waals surface area contributed by atoms with E-state index in [1.165, 1.54) is 6.08 Å². The van der Waals surface area contributed by atoms with E-state index in [4.69, 9.17) is 5.11 Å². The first-order chi connectivity index (χ1) is 10.0. The van der Waals surface area contributed by atoms with E-state index in [-0.39, 0.29) is 11.9 Å². The van der Waals surface area contributed by atoms with Gasteiger partial charge in [0.15, 0.2) is 0 Å². The molecule has 1 aromatic carbocycles. The number of rotatable bonds is 3. The maximum absolute atomic E-state index is 12.7. The molecular formula is C16H19NO3S. The van der Waals surface area contributed by atoms with Crippen LogP contribution < -0.4 is 0 Å². The Bertz CT molecular complexity index is 583. The molecule has 0 aliphatic carbocycles. The van der Waals surface area contributed by atoms with Crippen molar-refractivity contribution in [1.82, 2.24) is 4.90 Å². The molecule has 1 heterocycles. The van der Waals surface area contributed by atoms with Crippen molar-refractivity contribution in [3.63, 3.8) is 0 Å². The fourth-order valence-corrected chi connectivity index (χ4v) is 3.42. The van der Waals surface area contributed by atoms with E-state index >= 15 is 0 Å². The number of nitrogens with zero attached hydrogens (tertiary/aromatic N) is 1. The second kappa shape index (κ2) is 6.80. The summed E-state index contributed by atoms with van der Waals surface area (Å²) in [5.74, 6) is 0.968. The zero-order chi connectivity index (χ0) is 15.4. The second-order valence-electron chi connectivity index (χ2n) is 5.11.